The van der Waals surface area contributed by atoms with Crippen LogP contribution in [0.2, 0.25) is 0 Å². The summed E-state index contributed by atoms with van der Waals surface area (Å²) in [6.45, 7) is 0. The topological polar surface area (TPSA) is 0 Å². The molecule has 0 aliphatic heterocycles. The van der Waals surface area contributed by atoms with Crippen molar-refractivity contribution >= 4 is 123 Å². The van der Waals surface area contributed by atoms with E-state index in [1.54, 1.807) is 0 Å². The first-order chi connectivity index (χ1) is 0. The van der Waals surface area contributed by atoms with E-state index in [1.807, 2.05) is 0 Å². The fourth-order valence-corrected chi connectivity index (χ4v) is 0. The summed E-state index contributed by atoms with van der Waals surface area (Å²) in [6, 6.07) is 0. The molecule has 0 saturated heterocycles. The molecule has 0 aromatic carbocycles. The predicted octanol–water partition coefficient (Wildman–Crippen LogP) is -2.86. The van der Waals surface area contributed by atoms with E-state index in [0.29, 0.717) is 0 Å². The van der Waals surface area contributed by atoms with E-state index < -0.39 is 0 Å². The van der Waals surface area contributed by atoms with Crippen molar-refractivity contribution in [3.63, 3.8) is 0 Å². The summed E-state index contributed by atoms with van der Waals surface area (Å²) in [5, 5.41) is 0. The number of hydrogen-bond acceptors (Lipinski definition) is 0. The van der Waals surface area contributed by atoms with E-state index in [9.17, 15) is 0 Å². The molecule has 0 aromatic heterocycles. The minimum atomic E-state index is 0. The van der Waals surface area contributed by atoms with Crippen molar-refractivity contribution in [2.45, 2.75) is 0 Å². The van der Waals surface area contributed by atoms with Crippen LogP contribution >= 0.6 is 0 Å². The van der Waals surface area contributed by atoms with Crippen molar-refractivity contribution in [2.24, 2.45) is 0 Å². The van der Waals surface area contributed by atoms with Crippen LogP contribution in [-0.4, -0.2) is 123 Å². The van der Waals surface area contributed by atoms with Gasteiger partial charge in [-0.15, -0.1) is 0 Å². The van der Waals surface area contributed by atoms with E-state index in [4.69, 9.17) is 0 Å². The molecule has 0 rings (SSSR count). The molecule has 0 fully saturated rings. The van der Waals surface area contributed by atoms with Gasteiger partial charge >= 0.3 is 123 Å². The molecule has 0 amide bonds. The van der Waals surface area contributed by atoms with Gasteiger partial charge in [0, 0.05) is 0 Å². The van der Waals surface area contributed by atoms with Crippen molar-refractivity contribution < 1.29 is 0 Å². The van der Waals surface area contributed by atoms with E-state index in [0.717, 1.165) is 0 Å². The average molecular weight is 98.4 g/mol. The first-order valence-electron chi connectivity index (χ1n) is 0. The second kappa shape index (κ2) is 15.8. The standard InChI is InChI=1S/K.Li.Mg.Na.5H. The van der Waals surface area contributed by atoms with Crippen molar-refractivity contribution in [3.8, 4) is 0 Å². The second-order valence-corrected chi connectivity index (χ2v) is 0. The summed E-state index contributed by atoms with van der Waals surface area (Å²) < 4.78 is 0. The van der Waals surface area contributed by atoms with Crippen LogP contribution in [0.4, 0.5) is 0 Å². The number of hydrogen-bond donors (Lipinski definition) is 0. The van der Waals surface area contributed by atoms with Gasteiger partial charge in [-0.3, -0.25) is 0 Å². The fourth-order valence-electron chi connectivity index (χ4n) is 0. The Morgan fingerprint density at radius 3 is 1.00 bits per heavy atom. The van der Waals surface area contributed by atoms with Gasteiger partial charge in [0.2, 0.25) is 0 Å². The summed E-state index contributed by atoms with van der Waals surface area (Å²) in [6.07, 6.45) is 0. The zero-order chi connectivity index (χ0) is 0. The third kappa shape index (κ3) is 9.38. The van der Waals surface area contributed by atoms with E-state index in [2.05, 4.69) is 0 Å². The molecule has 4 heteroatoms. The van der Waals surface area contributed by atoms with Gasteiger partial charge in [-0.2, -0.15) is 0 Å². The van der Waals surface area contributed by atoms with Gasteiger partial charge in [-0.1, -0.05) is 0 Å². The zero-order valence-corrected chi connectivity index (χ0v) is 0. The fraction of sp³-hybridized carbons (Fsp3) is 0. The SMILES string of the molecule is [KH].[LiH].[MgH2].[NaH]. The second-order valence-electron chi connectivity index (χ2n) is 0. The molecule has 0 aliphatic rings. The molecular weight excluding hydrogens is 93.3 g/mol. The van der Waals surface area contributed by atoms with Crippen LogP contribution in [0.5, 0.6) is 0 Å². The van der Waals surface area contributed by atoms with E-state index in [-0.39, 0.29) is 123 Å². The van der Waals surface area contributed by atoms with Crippen molar-refractivity contribution in [1.82, 2.24) is 0 Å². The molecule has 10 valence electrons. The first kappa shape index (κ1) is 24.5. The number of rotatable bonds is 0. The average Bonchev–Trinajstić information content (AvgIpc) is 0. The van der Waals surface area contributed by atoms with Gasteiger partial charge < -0.3 is 0 Å². The normalized spacial score (nSPS) is 0. The molecule has 0 aliphatic carbocycles. The van der Waals surface area contributed by atoms with Gasteiger partial charge in [0.05, 0.1) is 0 Å². The minimum absolute atomic E-state index is 0. The van der Waals surface area contributed by atoms with Crippen LogP contribution in [0.1, 0.15) is 0 Å². The Labute approximate surface area is 119 Å². The Morgan fingerprint density at radius 2 is 1.00 bits per heavy atom. The molecule has 0 unspecified atom stereocenters. The predicted molar refractivity (Wildman–Crippen MR) is 30.0 cm³/mol. The zero-order valence-electron chi connectivity index (χ0n) is 0. The molecule has 0 nitrogen and oxygen atoms in total. The molecular formula is H5KLiMgNa. The third-order valence-electron chi connectivity index (χ3n) is 0. The summed E-state index contributed by atoms with van der Waals surface area (Å²) in [5.74, 6) is 0. The van der Waals surface area contributed by atoms with Crippen LogP contribution in [0.25, 0.3) is 0 Å². The van der Waals surface area contributed by atoms with Crippen LogP contribution < -0.4 is 0 Å². The summed E-state index contributed by atoms with van der Waals surface area (Å²) in [4.78, 5) is 0. The third-order valence-corrected chi connectivity index (χ3v) is 0. The van der Waals surface area contributed by atoms with Crippen LogP contribution in [0.3, 0.4) is 0 Å². The van der Waals surface area contributed by atoms with Crippen molar-refractivity contribution in [1.29, 1.82) is 0 Å². The molecule has 0 spiro atoms. The Morgan fingerprint density at radius 1 is 1.00 bits per heavy atom. The van der Waals surface area contributed by atoms with Gasteiger partial charge in [0.15, 0.2) is 0 Å². The molecule has 0 saturated carbocycles. The molecule has 0 N–H and O–H groups in total. The Balaban J connectivity index is 0. The molecule has 0 atom stereocenters. The van der Waals surface area contributed by atoms with Gasteiger partial charge in [-0.05, 0) is 0 Å². The van der Waals surface area contributed by atoms with Crippen molar-refractivity contribution in [3.05, 3.63) is 0 Å². The summed E-state index contributed by atoms with van der Waals surface area (Å²) in [5.41, 5.74) is 0. The van der Waals surface area contributed by atoms with Crippen LogP contribution in [0, 0.1) is 0 Å². The van der Waals surface area contributed by atoms with Crippen molar-refractivity contribution in [2.75, 3.05) is 0 Å². The van der Waals surface area contributed by atoms with Gasteiger partial charge in [0.1, 0.15) is 0 Å². The van der Waals surface area contributed by atoms with Crippen LogP contribution in [-0.2, 0) is 0 Å². The Kier molecular flexibility index (Phi) is 96.5. The molecule has 0 radical (unpaired) electrons. The maximum absolute atomic E-state index is 0. The monoisotopic (exact) mass is 98.0 g/mol. The van der Waals surface area contributed by atoms with E-state index in [1.165, 1.54) is 0 Å². The summed E-state index contributed by atoms with van der Waals surface area (Å²) in [7, 11) is 0. The first-order valence-corrected chi connectivity index (χ1v) is 0. The molecule has 4 heavy (non-hydrogen) atoms. The van der Waals surface area contributed by atoms with Crippen LogP contribution in [0.15, 0.2) is 0 Å². The quantitative estimate of drug-likeness (QED) is 0.286. The van der Waals surface area contributed by atoms with E-state index >= 15 is 0 Å². The Bertz CT molecular complexity index is 8.00. The van der Waals surface area contributed by atoms with Gasteiger partial charge in [-0.25, -0.2) is 0 Å². The van der Waals surface area contributed by atoms with Gasteiger partial charge in [0.25, 0.3) is 0 Å². The molecule has 0 heterocycles. The molecule has 0 bridgehead atoms. The summed E-state index contributed by atoms with van der Waals surface area (Å²) >= 11 is 0. The maximum atomic E-state index is 0. The molecule has 0 aromatic rings. The Hall–Kier alpha value is 4.00.